The minimum Gasteiger partial charge on any atom is -0.497 e. The molecule has 6 nitrogen and oxygen atoms in total. The van der Waals surface area contributed by atoms with E-state index in [-0.39, 0.29) is 17.3 Å². The summed E-state index contributed by atoms with van der Waals surface area (Å²) in [5.41, 5.74) is 4.75. The SMILES string of the molecule is COc1ccc([C@H]2C3=C(C[C@@H](c4ccccc4)CC3=O)Nc3[nH]n(-c4ccccc4)c(=O)c32)cc1. The number of ketones is 1. The summed E-state index contributed by atoms with van der Waals surface area (Å²) in [7, 11) is 1.62. The van der Waals surface area contributed by atoms with Gasteiger partial charge in [-0.25, -0.2) is 4.68 Å². The molecule has 1 aromatic heterocycles. The number of rotatable bonds is 4. The van der Waals surface area contributed by atoms with Crippen molar-refractivity contribution in [1.82, 2.24) is 9.78 Å². The Kier molecular flexibility index (Phi) is 5.14. The third-order valence-electron chi connectivity index (χ3n) is 7.02. The summed E-state index contributed by atoms with van der Waals surface area (Å²) in [6.07, 6.45) is 1.12. The second kappa shape index (κ2) is 8.47. The zero-order chi connectivity index (χ0) is 23.9. The molecular weight excluding hydrogens is 438 g/mol. The fourth-order valence-electron chi connectivity index (χ4n) is 5.34. The third kappa shape index (κ3) is 3.58. The third-order valence-corrected chi connectivity index (χ3v) is 7.02. The first-order valence-corrected chi connectivity index (χ1v) is 11.8. The fourth-order valence-corrected chi connectivity index (χ4v) is 5.34. The summed E-state index contributed by atoms with van der Waals surface area (Å²) in [5.74, 6) is 1.08. The van der Waals surface area contributed by atoms with Crippen LogP contribution in [0.25, 0.3) is 5.69 Å². The Morgan fingerprint density at radius 1 is 0.829 bits per heavy atom. The molecule has 2 atom stereocenters. The summed E-state index contributed by atoms with van der Waals surface area (Å²) < 4.78 is 6.89. The molecule has 3 aromatic carbocycles. The van der Waals surface area contributed by atoms with Gasteiger partial charge in [0.2, 0.25) is 0 Å². The van der Waals surface area contributed by atoms with Gasteiger partial charge in [-0.3, -0.25) is 14.7 Å². The van der Waals surface area contributed by atoms with Gasteiger partial charge in [0.05, 0.1) is 18.4 Å². The minimum absolute atomic E-state index is 0.0749. The van der Waals surface area contributed by atoms with Crippen LogP contribution in [0.4, 0.5) is 5.82 Å². The van der Waals surface area contributed by atoms with E-state index in [2.05, 4.69) is 22.5 Å². The lowest BCUT2D eigenvalue weighted by Crippen LogP contribution is -2.32. The number of aromatic nitrogens is 2. The molecule has 0 radical (unpaired) electrons. The number of fused-ring (bicyclic) bond motifs is 1. The molecule has 0 fully saturated rings. The van der Waals surface area contributed by atoms with Crippen LogP contribution in [0.1, 0.15) is 41.4 Å². The van der Waals surface area contributed by atoms with Crippen molar-refractivity contribution in [2.45, 2.75) is 24.7 Å². The summed E-state index contributed by atoms with van der Waals surface area (Å²) >= 11 is 0. The van der Waals surface area contributed by atoms with Crippen LogP contribution in [0, 0.1) is 0 Å². The topological polar surface area (TPSA) is 76.1 Å². The predicted octanol–water partition coefficient (Wildman–Crippen LogP) is 5.13. The lowest BCUT2D eigenvalue weighted by molar-refractivity contribution is -0.116. The highest BCUT2D eigenvalue weighted by atomic mass is 16.5. The molecule has 0 unspecified atom stereocenters. The number of benzene rings is 3. The van der Waals surface area contributed by atoms with E-state index in [0.717, 1.165) is 28.3 Å². The highest BCUT2D eigenvalue weighted by molar-refractivity contribution is 6.01. The Balaban J connectivity index is 1.51. The van der Waals surface area contributed by atoms with Crippen molar-refractivity contribution in [2.75, 3.05) is 12.4 Å². The van der Waals surface area contributed by atoms with Crippen molar-refractivity contribution in [3.63, 3.8) is 0 Å². The van der Waals surface area contributed by atoms with E-state index in [4.69, 9.17) is 4.74 Å². The van der Waals surface area contributed by atoms with E-state index < -0.39 is 5.92 Å². The quantitative estimate of drug-likeness (QED) is 0.440. The summed E-state index contributed by atoms with van der Waals surface area (Å²) in [5, 5.41) is 6.71. The molecule has 1 aliphatic carbocycles. The van der Waals surface area contributed by atoms with Crippen molar-refractivity contribution in [3.8, 4) is 11.4 Å². The molecule has 0 saturated carbocycles. The summed E-state index contributed by atoms with van der Waals surface area (Å²) in [6.45, 7) is 0. The first-order chi connectivity index (χ1) is 17.1. The number of anilines is 1. The number of hydrogen-bond donors (Lipinski definition) is 2. The van der Waals surface area contributed by atoms with Crippen molar-refractivity contribution >= 4 is 11.6 Å². The van der Waals surface area contributed by atoms with E-state index in [1.54, 1.807) is 11.8 Å². The van der Waals surface area contributed by atoms with Gasteiger partial charge in [-0.05, 0) is 47.7 Å². The Morgan fingerprint density at radius 2 is 1.51 bits per heavy atom. The molecular formula is C29H25N3O3. The normalized spacial score (nSPS) is 19.1. The van der Waals surface area contributed by atoms with Gasteiger partial charge in [-0.15, -0.1) is 0 Å². The number of nitrogens with zero attached hydrogens (tertiary/aromatic N) is 1. The van der Waals surface area contributed by atoms with E-state index in [1.807, 2.05) is 72.8 Å². The van der Waals surface area contributed by atoms with Gasteiger partial charge in [-0.2, -0.15) is 0 Å². The van der Waals surface area contributed by atoms with Crippen LogP contribution >= 0.6 is 0 Å². The van der Waals surface area contributed by atoms with Crippen LogP contribution in [0.2, 0.25) is 0 Å². The van der Waals surface area contributed by atoms with Crippen LogP contribution in [0.5, 0.6) is 5.75 Å². The molecule has 6 heteroatoms. The van der Waals surface area contributed by atoms with Crippen LogP contribution in [0.3, 0.4) is 0 Å². The summed E-state index contributed by atoms with van der Waals surface area (Å²) in [6, 6.07) is 27.3. The van der Waals surface area contributed by atoms with Crippen LogP contribution in [-0.2, 0) is 4.79 Å². The van der Waals surface area contributed by atoms with E-state index in [1.165, 1.54) is 0 Å². The molecule has 0 amide bonds. The molecule has 2 N–H and O–H groups in total. The van der Waals surface area contributed by atoms with Crippen molar-refractivity contribution in [2.24, 2.45) is 0 Å². The lowest BCUT2D eigenvalue weighted by Gasteiger charge is -2.34. The Morgan fingerprint density at radius 3 is 2.20 bits per heavy atom. The second-order valence-electron chi connectivity index (χ2n) is 9.04. The molecule has 2 aliphatic rings. The van der Waals surface area contributed by atoms with Gasteiger partial charge < -0.3 is 10.1 Å². The van der Waals surface area contributed by atoms with Crippen LogP contribution in [-0.4, -0.2) is 22.7 Å². The van der Waals surface area contributed by atoms with Crippen molar-refractivity contribution < 1.29 is 9.53 Å². The monoisotopic (exact) mass is 463 g/mol. The molecule has 0 spiro atoms. The summed E-state index contributed by atoms with van der Waals surface area (Å²) in [4.78, 5) is 27.4. The first kappa shape index (κ1) is 21.2. The number of hydrogen-bond acceptors (Lipinski definition) is 4. The Bertz CT molecular complexity index is 1480. The number of Topliss-reactive ketones (excluding diaryl/α,β-unsaturated/α-hetero) is 1. The zero-order valence-electron chi connectivity index (χ0n) is 19.3. The van der Waals surface area contributed by atoms with Crippen LogP contribution < -0.4 is 15.6 Å². The number of para-hydroxylation sites is 1. The van der Waals surface area contributed by atoms with E-state index >= 15 is 0 Å². The number of carbonyl (C=O) groups excluding carboxylic acids is 1. The fraction of sp³-hybridized carbons (Fsp3) is 0.172. The average molecular weight is 464 g/mol. The number of aromatic amines is 1. The molecule has 4 aromatic rings. The molecule has 35 heavy (non-hydrogen) atoms. The van der Waals surface area contributed by atoms with Crippen LogP contribution in [0.15, 0.2) is 101 Å². The molecule has 0 bridgehead atoms. The number of ether oxygens (including phenoxy) is 1. The van der Waals surface area contributed by atoms with Gasteiger partial charge >= 0.3 is 0 Å². The zero-order valence-corrected chi connectivity index (χ0v) is 19.3. The minimum atomic E-state index is -0.454. The number of carbonyl (C=O) groups is 1. The number of allylic oxidation sites excluding steroid dienone is 2. The van der Waals surface area contributed by atoms with Crippen molar-refractivity contribution in [1.29, 1.82) is 0 Å². The van der Waals surface area contributed by atoms with Gasteiger partial charge in [0.25, 0.3) is 5.56 Å². The molecule has 2 heterocycles. The highest BCUT2D eigenvalue weighted by Gasteiger charge is 2.41. The second-order valence-corrected chi connectivity index (χ2v) is 9.04. The maximum atomic E-state index is 13.7. The van der Waals surface area contributed by atoms with E-state index in [0.29, 0.717) is 29.8 Å². The standard InChI is InChI=1S/C29H25N3O3/c1-35-22-14-12-19(13-15-22)25-26-23(16-20(17-24(26)33)18-8-4-2-5-9-18)30-28-27(25)29(34)32(31-28)21-10-6-3-7-11-21/h2-15,20,25,30-31H,16-17H2,1H3/t20-,25+/m1/s1. The maximum Gasteiger partial charge on any atom is 0.277 e. The van der Waals surface area contributed by atoms with Gasteiger partial charge in [0.1, 0.15) is 11.6 Å². The molecule has 174 valence electrons. The lowest BCUT2D eigenvalue weighted by atomic mass is 9.73. The molecule has 1 aliphatic heterocycles. The highest BCUT2D eigenvalue weighted by Crippen LogP contribution is 2.46. The van der Waals surface area contributed by atoms with Crippen molar-refractivity contribution in [3.05, 3.63) is 123 Å². The largest absolute Gasteiger partial charge is 0.497 e. The van der Waals surface area contributed by atoms with E-state index in [9.17, 15) is 9.59 Å². The Labute approximate surface area is 202 Å². The smallest absolute Gasteiger partial charge is 0.277 e. The number of nitrogens with one attached hydrogen (secondary N) is 2. The number of H-pyrrole nitrogens is 1. The van der Waals surface area contributed by atoms with Gasteiger partial charge in [0, 0.05) is 23.6 Å². The molecule has 6 rings (SSSR count). The number of methoxy groups -OCH3 is 1. The Hall–Kier alpha value is -4.32. The van der Waals surface area contributed by atoms with Gasteiger partial charge in [0.15, 0.2) is 5.78 Å². The maximum absolute atomic E-state index is 13.7. The average Bonchev–Trinajstić information content (AvgIpc) is 3.24. The van der Waals surface area contributed by atoms with Gasteiger partial charge in [-0.1, -0.05) is 60.7 Å². The predicted molar refractivity (Wildman–Crippen MR) is 135 cm³/mol. The molecule has 0 saturated heterocycles. The first-order valence-electron chi connectivity index (χ1n) is 11.8.